The Hall–Kier alpha value is -3.67. The number of hydrogen-bond donors (Lipinski definition) is 0. The van der Waals surface area contributed by atoms with E-state index < -0.39 is 6.10 Å². The van der Waals surface area contributed by atoms with Crippen molar-refractivity contribution in [1.29, 1.82) is 0 Å². The molecule has 0 heterocycles. The van der Waals surface area contributed by atoms with Gasteiger partial charge in [-0.25, -0.2) is 0 Å². The average molecular weight is 833 g/mol. The quantitative estimate of drug-likeness (QED) is 0.0264. The molecule has 0 amide bonds. The van der Waals surface area contributed by atoms with E-state index in [-0.39, 0.29) is 37.5 Å². The van der Waals surface area contributed by atoms with Crippen LogP contribution in [0.25, 0.3) is 0 Å². The molecule has 0 saturated carbocycles. The first kappa shape index (κ1) is 56.3. The summed E-state index contributed by atoms with van der Waals surface area (Å²) in [5.41, 5.74) is 0. The molecule has 0 spiro atoms. The van der Waals surface area contributed by atoms with Gasteiger partial charge in [-0.15, -0.1) is 0 Å². The lowest BCUT2D eigenvalue weighted by Crippen LogP contribution is -2.30. The number of rotatable bonds is 42. The number of allylic oxidation sites excluding steroid dienone is 16. The molecule has 6 nitrogen and oxygen atoms in total. The van der Waals surface area contributed by atoms with Gasteiger partial charge in [0, 0.05) is 19.3 Å². The Balaban J connectivity index is 4.50. The third-order valence-corrected chi connectivity index (χ3v) is 9.85. The summed E-state index contributed by atoms with van der Waals surface area (Å²) in [4.78, 5) is 37.8. The normalized spacial score (nSPS) is 12.9. The van der Waals surface area contributed by atoms with Crippen molar-refractivity contribution in [3.05, 3.63) is 97.2 Å². The van der Waals surface area contributed by atoms with Crippen LogP contribution in [0, 0.1) is 0 Å². The predicted octanol–water partition coefficient (Wildman–Crippen LogP) is 15.8. The maximum atomic E-state index is 12.7. The van der Waals surface area contributed by atoms with Gasteiger partial charge in [0.15, 0.2) is 6.10 Å². The molecular weight excluding hydrogens is 745 g/mol. The molecule has 0 aromatic carbocycles. The zero-order valence-electron chi connectivity index (χ0n) is 38.7. The molecule has 0 fully saturated rings. The van der Waals surface area contributed by atoms with Gasteiger partial charge in [0.2, 0.25) is 0 Å². The van der Waals surface area contributed by atoms with Gasteiger partial charge in [0.25, 0.3) is 0 Å². The van der Waals surface area contributed by atoms with E-state index >= 15 is 0 Å². The minimum absolute atomic E-state index is 0.106. The average Bonchev–Trinajstić information content (AvgIpc) is 3.24. The van der Waals surface area contributed by atoms with Crippen molar-refractivity contribution >= 4 is 17.9 Å². The lowest BCUT2D eigenvalue weighted by molar-refractivity contribution is -0.166. The highest BCUT2D eigenvalue weighted by molar-refractivity contribution is 5.71. The Morgan fingerprint density at radius 2 is 0.683 bits per heavy atom. The number of carbonyl (C=O) groups excluding carboxylic acids is 3. The molecule has 0 rings (SSSR count). The van der Waals surface area contributed by atoms with Gasteiger partial charge in [-0.3, -0.25) is 14.4 Å². The monoisotopic (exact) mass is 833 g/mol. The Bertz CT molecular complexity index is 1230. The summed E-state index contributed by atoms with van der Waals surface area (Å²) >= 11 is 0. The summed E-state index contributed by atoms with van der Waals surface area (Å²) in [6, 6.07) is 0. The molecule has 60 heavy (non-hydrogen) atoms. The van der Waals surface area contributed by atoms with Gasteiger partial charge < -0.3 is 14.2 Å². The van der Waals surface area contributed by atoms with Crippen molar-refractivity contribution in [1.82, 2.24) is 0 Å². The van der Waals surface area contributed by atoms with Crippen LogP contribution >= 0.6 is 0 Å². The fraction of sp³-hybridized carbons (Fsp3) is 0.648. The van der Waals surface area contributed by atoms with Crippen LogP contribution in [0.1, 0.15) is 207 Å². The standard InChI is InChI=1S/C54H88O6/c1-4-7-10-13-16-19-22-24-25-26-27-28-29-30-33-35-38-41-44-47-53(56)59-50-51(49-58-52(55)46-43-40-37-34-31-21-18-15-12-9-6-3)60-54(57)48-45-42-39-36-32-23-20-17-14-11-8-5-2/h7-8,10-11,16-17,19-20,24-25,27-28,30,33,38,41,51H,4-6,9,12-15,18,21-23,26,29,31-32,34-37,39-40,42-50H2,1-3H3/b10-7-,11-8-,19-16-,20-17-,25-24-,28-27-,33-30-,41-38-. The summed E-state index contributed by atoms with van der Waals surface area (Å²) < 4.78 is 16.7. The summed E-state index contributed by atoms with van der Waals surface area (Å²) in [6.07, 6.45) is 62.6. The number of carbonyl (C=O) groups is 3. The van der Waals surface area contributed by atoms with Crippen molar-refractivity contribution in [3.63, 3.8) is 0 Å². The first-order chi connectivity index (χ1) is 29.5. The predicted molar refractivity (Wildman–Crippen MR) is 256 cm³/mol. The first-order valence-corrected chi connectivity index (χ1v) is 24.2. The lowest BCUT2D eigenvalue weighted by Gasteiger charge is -2.18. The van der Waals surface area contributed by atoms with Crippen molar-refractivity contribution in [2.45, 2.75) is 213 Å². The molecule has 0 aromatic heterocycles. The van der Waals surface area contributed by atoms with Crippen LogP contribution in [0.15, 0.2) is 97.2 Å². The highest BCUT2D eigenvalue weighted by atomic mass is 16.6. The van der Waals surface area contributed by atoms with Crippen molar-refractivity contribution < 1.29 is 28.6 Å². The summed E-state index contributed by atoms with van der Waals surface area (Å²) in [5.74, 6) is -1.02. The second kappa shape index (κ2) is 48.0. The molecule has 1 atom stereocenters. The third kappa shape index (κ3) is 45.4. The van der Waals surface area contributed by atoms with E-state index in [1.165, 1.54) is 51.4 Å². The molecular formula is C54H88O6. The second-order valence-corrected chi connectivity index (χ2v) is 15.6. The SMILES string of the molecule is CC/C=C\C/C=C\C/C=C\C/C=C\C/C=C\C/C=C\CCC(=O)OCC(COC(=O)CCCCCCCCCCCCC)OC(=O)CCCCCCC/C=C\C/C=C\CC. The molecule has 340 valence electrons. The van der Waals surface area contributed by atoms with Gasteiger partial charge in [0.1, 0.15) is 13.2 Å². The van der Waals surface area contributed by atoms with Crippen LogP contribution in [-0.4, -0.2) is 37.2 Å². The largest absolute Gasteiger partial charge is 0.462 e. The molecule has 0 N–H and O–H groups in total. The fourth-order valence-electron chi connectivity index (χ4n) is 6.27. The van der Waals surface area contributed by atoms with Gasteiger partial charge in [0.05, 0.1) is 0 Å². The molecule has 1 unspecified atom stereocenters. The van der Waals surface area contributed by atoms with E-state index in [1.807, 2.05) is 12.2 Å². The van der Waals surface area contributed by atoms with Gasteiger partial charge >= 0.3 is 17.9 Å². The van der Waals surface area contributed by atoms with Crippen LogP contribution < -0.4 is 0 Å². The zero-order valence-corrected chi connectivity index (χ0v) is 38.7. The fourth-order valence-corrected chi connectivity index (χ4v) is 6.27. The molecule has 0 bridgehead atoms. The lowest BCUT2D eigenvalue weighted by atomic mass is 10.1. The number of hydrogen-bond acceptors (Lipinski definition) is 6. The Labute approximate surface area is 368 Å². The van der Waals surface area contributed by atoms with Crippen molar-refractivity contribution in [2.24, 2.45) is 0 Å². The number of unbranched alkanes of at least 4 members (excludes halogenated alkanes) is 15. The van der Waals surface area contributed by atoms with E-state index in [4.69, 9.17) is 14.2 Å². The van der Waals surface area contributed by atoms with Crippen molar-refractivity contribution in [2.75, 3.05) is 13.2 Å². The minimum atomic E-state index is -0.812. The molecule has 0 aromatic rings. The van der Waals surface area contributed by atoms with E-state index in [1.54, 1.807) is 0 Å². The van der Waals surface area contributed by atoms with Crippen LogP contribution in [0.3, 0.4) is 0 Å². The first-order valence-electron chi connectivity index (χ1n) is 24.2. The van der Waals surface area contributed by atoms with Crippen LogP contribution in [0.5, 0.6) is 0 Å². The highest BCUT2D eigenvalue weighted by Gasteiger charge is 2.19. The molecule has 0 radical (unpaired) electrons. The third-order valence-electron chi connectivity index (χ3n) is 9.85. The Morgan fingerprint density at radius 1 is 0.350 bits per heavy atom. The van der Waals surface area contributed by atoms with Gasteiger partial charge in [-0.2, -0.15) is 0 Å². The molecule has 0 aliphatic carbocycles. The molecule has 0 aliphatic heterocycles. The van der Waals surface area contributed by atoms with Crippen LogP contribution in [0.4, 0.5) is 0 Å². The van der Waals surface area contributed by atoms with E-state index in [9.17, 15) is 14.4 Å². The summed E-state index contributed by atoms with van der Waals surface area (Å²) in [5, 5.41) is 0. The van der Waals surface area contributed by atoms with Crippen molar-refractivity contribution in [3.8, 4) is 0 Å². The number of esters is 3. The highest BCUT2D eigenvalue weighted by Crippen LogP contribution is 2.13. The van der Waals surface area contributed by atoms with E-state index in [0.29, 0.717) is 19.3 Å². The number of ether oxygens (including phenoxy) is 3. The maximum absolute atomic E-state index is 12.7. The van der Waals surface area contributed by atoms with E-state index in [0.717, 1.165) is 109 Å². The second-order valence-electron chi connectivity index (χ2n) is 15.6. The van der Waals surface area contributed by atoms with Crippen LogP contribution in [-0.2, 0) is 28.6 Å². The van der Waals surface area contributed by atoms with E-state index in [2.05, 4.69) is 106 Å². The van der Waals surface area contributed by atoms with Crippen LogP contribution in [0.2, 0.25) is 0 Å². The summed E-state index contributed by atoms with van der Waals surface area (Å²) in [6.45, 7) is 6.31. The Kier molecular flexibility index (Phi) is 45.1. The zero-order chi connectivity index (χ0) is 43.7. The molecule has 0 aliphatic rings. The summed E-state index contributed by atoms with van der Waals surface area (Å²) in [7, 11) is 0. The molecule has 0 saturated heterocycles. The minimum Gasteiger partial charge on any atom is -0.462 e. The van der Waals surface area contributed by atoms with Gasteiger partial charge in [-0.05, 0) is 83.5 Å². The Morgan fingerprint density at radius 3 is 1.12 bits per heavy atom. The van der Waals surface area contributed by atoms with Gasteiger partial charge in [-0.1, -0.05) is 201 Å². The smallest absolute Gasteiger partial charge is 0.306 e. The molecule has 6 heteroatoms. The maximum Gasteiger partial charge on any atom is 0.306 e. The topological polar surface area (TPSA) is 78.9 Å².